The summed E-state index contributed by atoms with van der Waals surface area (Å²) in [5.41, 5.74) is 0.642. The summed E-state index contributed by atoms with van der Waals surface area (Å²) in [6.07, 6.45) is -5.12. The number of ether oxygens (including phenoxy) is 2. The van der Waals surface area contributed by atoms with E-state index < -0.39 is 18.6 Å². The van der Waals surface area contributed by atoms with Gasteiger partial charge in [0.25, 0.3) is 0 Å². The second-order valence-corrected chi connectivity index (χ2v) is 4.91. The molecule has 1 aromatic rings. The van der Waals surface area contributed by atoms with E-state index in [0.29, 0.717) is 28.6 Å². The quantitative estimate of drug-likeness (QED) is 0.808. The Labute approximate surface area is 127 Å². The maximum absolute atomic E-state index is 12.4. The highest BCUT2D eigenvalue weighted by molar-refractivity contribution is 6.32. The number of hydrogen-bond acceptors (Lipinski definition) is 3. The SMILES string of the molecule is CCNC(CCC(F)(F)F)c1cc(Cl)c(OC)c(OC)c1. The van der Waals surface area contributed by atoms with E-state index in [-0.39, 0.29) is 6.42 Å². The highest BCUT2D eigenvalue weighted by atomic mass is 35.5. The van der Waals surface area contributed by atoms with Crippen LogP contribution in [0, 0.1) is 0 Å². The highest BCUT2D eigenvalue weighted by Gasteiger charge is 2.29. The fraction of sp³-hybridized carbons (Fsp3) is 0.571. The van der Waals surface area contributed by atoms with Crippen LogP contribution in [-0.2, 0) is 0 Å². The Morgan fingerprint density at radius 1 is 1.24 bits per heavy atom. The van der Waals surface area contributed by atoms with Gasteiger partial charge in [0, 0.05) is 12.5 Å². The molecule has 0 spiro atoms. The zero-order valence-corrected chi connectivity index (χ0v) is 12.9. The van der Waals surface area contributed by atoms with Crippen molar-refractivity contribution < 1.29 is 22.6 Å². The lowest BCUT2D eigenvalue weighted by atomic mass is 10.0. The Kier molecular flexibility index (Phi) is 6.61. The molecule has 0 amide bonds. The molecule has 1 rings (SSSR count). The minimum absolute atomic E-state index is 0.0663. The molecule has 0 aliphatic carbocycles. The first-order valence-corrected chi connectivity index (χ1v) is 6.91. The van der Waals surface area contributed by atoms with Gasteiger partial charge < -0.3 is 14.8 Å². The van der Waals surface area contributed by atoms with Crippen LogP contribution in [0.4, 0.5) is 13.2 Å². The fourth-order valence-corrected chi connectivity index (χ4v) is 2.38. The van der Waals surface area contributed by atoms with Gasteiger partial charge in [-0.1, -0.05) is 18.5 Å². The van der Waals surface area contributed by atoms with E-state index in [9.17, 15) is 13.2 Å². The molecule has 0 aliphatic rings. The lowest BCUT2D eigenvalue weighted by Gasteiger charge is -2.21. The molecule has 1 aromatic carbocycles. The standard InChI is InChI=1S/C14H19ClF3NO2/c1-4-19-11(5-6-14(16,17)18)9-7-10(15)13(21-3)12(8-9)20-2/h7-8,11,19H,4-6H2,1-3H3. The van der Waals surface area contributed by atoms with E-state index in [1.165, 1.54) is 14.2 Å². The molecule has 0 saturated heterocycles. The van der Waals surface area contributed by atoms with Crippen molar-refractivity contribution in [2.45, 2.75) is 32.0 Å². The maximum Gasteiger partial charge on any atom is 0.389 e. The normalized spacial score (nSPS) is 13.1. The third kappa shape index (κ3) is 5.28. The molecule has 21 heavy (non-hydrogen) atoms. The molecule has 0 aromatic heterocycles. The van der Waals surface area contributed by atoms with Gasteiger partial charge in [0.1, 0.15) is 0 Å². The number of alkyl halides is 3. The Morgan fingerprint density at radius 3 is 2.38 bits per heavy atom. The summed E-state index contributed by atoms with van der Waals surface area (Å²) >= 11 is 6.09. The molecule has 120 valence electrons. The van der Waals surface area contributed by atoms with Crippen molar-refractivity contribution in [3.63, 3.8) is 0 Å². The van der Waals surface area contributed by atoms with Crippen molar-refractivity contribution in [2.75, 3.05) is 20.8 Å². The van der Waals surface area contributed by atoms with Crippen molar-refractivity contribution in [3.8, 4) is 11.5 Å². The van der Waals surface area contributed by atoms with E-state index in [2.05, 4.69) is 5.32 Å². The molecule has 1 unspecified atom stereocenters. The first-order valence-electron chi connectivity index (χ1n) is 6.54. The van der Waals surface area contributed by atoms with E-state index in [0.717, 1.165) is 0 Å². The van der Waals surface area contributed by atoms with Gasteiger partial charge in [-0.3, -0.25) is 0 Å². The Bertz CT molecular complexity index is 466. The molecule has 7 heteroatoms. The largest absolute Gasteiger partial charge is 0.493 e. The van der Waals surface area contributed by atoms with Crippen molar-refractivity contribution in [3.05, 3.63) is 22.7 Å². The number of benzene rings is 1. The number of hydrogen-bond donors (Lipinski definition) is 1. The van der Waals surface area contributed by atoms with Crippen LogP contribution in [0.2, 0.25) is 5.02 Å². The van der Waals surface area contributed by atoms with E-state index in [4.69, 9.17) is 21.1 Å². The molecule has 1 atom stereocenters. The van der Waals surface area contributed by atoms with Crippen LogP contribution in [-0.4, -0.2) is 26.9 Å². The minimum Gasteiger partial charge on any atom is -0.493 e. The summed E-state index contributed by atoms with van der Waals surface area (Å²) < 4.78 is 47.5. The molecule has 1 N–H and O–H groups in total. The summed E-state index contributed by atoms with van der Waals surface area (Å²) in [6, 6.07) is 2.80. The Balaban J connectivity index is 3.05. The van der Waals surface area contributed by atoms with Crippen molar-refractivity contribution >= 4 is 11.6 Å². The zero-order chi connectivity index (χ0) is 16.0. The number of rotatable bonds is 7. The Morgan fingerprint density at radius 2 is 1.90 bits per heavy atom. The zero-order valence-electron chi connectivity index (χ0n) is 12.2. The average molecular weight is 326 g/mol. The summed E-state index contributed by atoms with van der Waals surface area (Å²) in [7, 11) is 2.91. The van der Waals surface area contributed by atoms with Crippen LogP contribution in [0.5, 0.6) is 11.5 Å². The second kappa shape index (κ2) is 7.75. The first-order chi connectivity index (χ1) is 9.82. The monoisotopic (exact) mass is 325 g/mol. The van der Waals surface area contributed by atoms with Gasteiger partial charge in [-0.15, -0.1) is 0 Å². The molecule has 0 bridgehead atoms. The Hall–Kier alpha value is -1.14. The molecule has 0 fully saturated rings. The topological polar surface area (TPSA) is 30.5 Å². The molecule has 0 aliphatic heterocycles. The average Bonchev–Trinajstić information content (AvgIpc) is 2.41. The molecule has 0 radical (unpaired) electrons. The van der Waals surface area contributed by atoms with Crippen LogP contribution >= 0.6 is 11.6 Å². The maximum atomic E-state index is 12.4. The third-order valence-corrected chi connectivity index (χ3v) is 3.31. The summed E-state index contributed by atoms with van der Waals surface area (Å²) in [5.74, 6) is 0.767. The number of methoxy groups -OCH3 is 2. The van der Waals surface area contributed by atoms with Gasteiger partial charge in [-0.05, 0) is 30.7 Å². The second-order valence-electron chi connectivity index (χ2n) is 4.50. The van der Waals surface area contributed by atoms with Gasteiger partial charge in [-0.2, -0.15) is 13.2 Å². The smallest absolute Gasteiger partial charge is 0.389 e. The van der Waals surface area contributed by atoms with Crippen LogP contribution in [0.15, 0.2) is 12.1 Å². The molecular weight excluding hydrogens is 307 g/mol. The van der Waals surface area contributed by atoms with Gasteiger partial charge >= 0.3 is 6.18 Å². The van der Waals surface area contributed by atoms with E-state index >= 15 is 0 Å². The first kappa shape index (κ1) is 17.9. The molecule has 3 nitrogen and oxygen atoms in total. The van der Waals surface area contributed by atoms with Crippen molar-refractivity contribution in [2.24, 2.45) is 0 Å². The predicted molar refractivity (Wildman–Crippen MR) is 76.3 cm³/mol. The van der Waals surface area contributed by atoms with Crippen LogP contribution in [0.25, 0.3) is 0 Å². The van der Waals surface area contributed by atoms with Crippen LogP contribution < -0.4 is 14.8 Å². The number of halogens is 4. The summed E-state index contributed by atoms with van der Waals surface area (Å²) in [5, 5.41) is 3.34. The van der Waals surface area contributed by atoms with Crippen molar-refractivity contribution in [1.29, 1.82) is 0 Å². The lowest BCUT2D eigenvalue weighted by molar-refractivity contribution is -0.136. The van der Waals surface area contributed by atoms with Gasteiger partial charge in [0.2, 0.25) is 0 Å². The third-order valence-electron chi connectivity index (χ3n) is 3.03. The van der Waals surface area contributed by atoms with Gasteiger partial charge in [-0.25, -0.2) is 0 Å². The van der Waals surface area contributed by atoms with Gasteiger partial charge in [0.15, 0.2) is 11.5 Å². The van der Waals surface area contributed by atoms with E-state index in [1.807, 2.05) is 6.92 Å². The molecule has 0 saturated carbocycles. The predicted octanol–water partition coefficient (Wildman–Crippen LogP) is 4.35. The summed E-state index contributed by atoms with van der Waals surface area (Å²) in [4.78, 5) is 0. The van der Waals surface area contributed by atoms with E-state index in [1.54, 1.807) is 12.1 Å². The van der Waals surface area contributed by atoms with Crippen molar-refractivity contribution in [1.82, 2.24) is 5.32 Å². The van der Waals surface area contributed by atoms with Gasteiger partial charge in [0.05, 0.1) is 19.2 Å². The molecule has 0 heterocycles. The molecular formula is C14H19ClF3NO2. The highest BCUT2D eigenvalue weighted by Crippen LogP contribution is 2.39. The lowest BCUT2D eigenvalue weighted by Crippen LogP contribution is -2.23. The summed E-state index contributed by atoms with van der Waals surface area (Å²) in [6.45, 7) is 2.39. The van der Waals surface area contributed by atoms with Crippen LogP contribution in [0.3, 0.4) is 0 Å². The van der Waals surface area contributed by atoms with Crippen LogP contribution in [0.1, 0.15) is 31.4 Å². The number of nitrogens with one attached hydrogen (secondary N) is 1. The fourth-order valence-electron chi connectivity index (χ4n) is 2.08. The minimum atomic E-state index is -4.19.